The van der Waals surface area contributed by atoms with Gasteiger partial charge in [-0.25, -0.2) is 19.2 Å². The molecule has 1 fully saturated rings. The number of ether oxygens (including phenoxy) is 4. The van der Waals surface area contributed by atoms with Gasteiger partial charge in [-0.05, 0) is 86.5 Å². The summed E-state index contributed by atoms with van der Waals surface area (Å²) in [5.41, 5.74) is 7.63. The van der Waals surface area contributed by atoms with E-state index in [1.165, 1.54) is 42.0 Å². The second-order valence-electron chi connectivity index (χ2n) is 20.0. The number of amides is 4. The fourth-order valence-electron chi connectivity index (χ4n) is 8.18. The molecular formula is C53H81N5O12. The van der Waals surface area contributed by atoms with Gasteiger partial charge in [0, 0.05) is 46.7 Å². The van der Waals surface area contributed by atoms with Gasteiger partial charge in [0.1, 0.15) is 24.2 Å². The number of hydrogen-bond donors (Lipinski definition) is 1. The quantitative estimate of drug-likeness (QED) is 0.150. The van der Waals surface area contributed by atoms with Crippen molar-refractivity contribution in [3.8, 4) is 0 Å². The van der Waals surface area contributed by atoms with E-state index in [-0.39, 0.29) is 69.6 Å². The standard InChI is InChI=1S/C52H77N5O12.CH4/c1-30(2)24-39-49(62)66-35(10)46(59)55(12)42(27-33(7)8)52(65)69-44(29-37-20-22-38(53)23-21-37)48(61)57(14)40(25-31(3)4)50(63)67-34(9)45(58)54(11)41(26-32(5)6)51(64)68-43(47(60)56(39)13)28-36-18-16-15-17-19-36;/h15-23,30-35,39-44H,24-29,53H2,1-14H3;1H4/t34-,35-,39+,40+,41+,42+,43-,44-;/m1./s1. The zero-order valence-corrected chi connectivity index (χ0v) is 43.1. The molecule has 0 aliphatic carbocycles. The van der Waals surface area contributed by atoms with Crippen molar-refractivity contribution in [3.63, 3.8) is 0 Å². The van der Waals surface area contributed by atoms with E-state index in [2.05, 4.69) is 0 Å². The van der Waals surface area contributed by atoms with E-state index in [0.29, 0.717) is 16.8 Å². The summed E-state index contributed by atoms with van der Waals surface area (Å²) < 4.78 is 23.8. The van der Waals surface area contributed by atoms with Gasteiger partial charge in [0.2, 0.25) is 0 Å². The Bertz CT molecular complexity index is 2060. The molecule has 4 amide bonds. The molecule has 2 aromatic rings. The Hall–Kier alpha value is -6.00. The lowest BCUT2D eigenvalue weighted by molar-refractivity contribution is -0.176. The number of carbonyl (C=O) groups is 8. The first-order valence-corrected chi connectivity index (χ1v) is 24.0. The molecule has 0 aromatic heterocycles. The number of cyclic esters (lactones) is 4. The number of nitrogen functional groups attached to an aromatic ring is 1. The van der Waals surface area contributed by atoms with E-state index in [9.17, 15) is 38.4 Å². The van der Waals surface area contributed by atoms with Crippen LogP contribution in [-0.2, 0) is 70.1 Å². The maximum absolute atomic E-state index is 14.7. The summed E-state index contributed by atoms with van der Waals surface area (Å²) in [5.74, 6) is -7.29. The van der Waals surface area contributed by atoms with Crippen molar-refractivity contribution in [2.45, 2.75) is 164 Å². The summed E-state index contributed by atoms with van der Waals surface area (Å²) in [4.78, 5) is 120. The van der Waals surface area contributed by atoms with Crippen LogP contribution in [0.3, 0.4) is 0 Å². The molecule has 390 valence electrons. The summed E-state index contributed by atoms with van der Waals surface area (Å²) in [6.07, 6.45) is -5.74. The number of nitrogens with two attached hydrogens (primary N) is 1. The predicted molar refractivity (Wildman–Crippen MR) is 266 cm³/mol. The van der Waals surface area contributed by atoms with E-state index in [0.717, 1.165) is 19.6 Å². The Labute approximate surface area is 416 Å². The van der Waals surface area contributed by atoms with E-state index >= 15 is 0 Å². The van der Waals surface area contributed by atoms with Crippen LogP contribution in [0.5, 0.6) is 0 Å². The SMILES string of the molecule is C.CC(C)C[C@H]1C(=O)O[C@H](Cc2ccc(N)cc2)C(=O)N(C)[C@@H](CC(C)C)C(=O)O[C@H](C)C(=O)N(C)[C@@H](CC(C)C)C(=O)O[C@H](Cc2ccccc2)C(=O)N(C)[C@@H](CC(C)C)C(=O)O[C@H](C)C(=O)N1C. The van der Waals surface area contributed by atoms with Crippen LogP contribution < -0.4 is 5.73 Å². The third-order valence-corrected chi connectivity index (χ3v) is 12.1. The van der Waals surface area contributed by atoms with Gasteiger partial charge in [-0.2, -0.15) is 0 Å². The average Bonchev–Trinajstić information content (AvgIpc) is 3.28. The first-order chi connectivity index (χ1) is 32.2. The number of carbonyl (C=O) groups excluding carboxylic acids is 8. The van der Waals surface area contributed by atoms with Crippen molar-refractivity contribution in [3.05, 3.63) is 65.7 Å². The first-order valence-electron chi connectivity index (χ1n) is 24.0. The van der Waals surface area contributed by atoms with E-state index in [4.69, 9.17) is 24.7 Å². The number of benzene rings is 2. The molecule has 1 aliphatic heterocycles. The Morgan fingerprint density at radius 2 is 0.700 bits per heavy atom. The molecule has 2 N–H and O–H groups in total. The number of nitrogens with zero attached hydrogens (tertiary/aromatic N) is 4. The zero-order valence-electron chi connectivity index (χ0n) is 43.1. The van der Waals surface area contributed by atoms with Gasteiger partial charge in [0.15, 0.2) is 24.4 Å². The van der Waals surface area contributed by atoms with Crippen LogP contribution in [0.4, 0.5) is 5.69 Å². The molecule has 70 heavy (non-hydrogen) atoms. The van der Waals surface area contributed by atoms with Crippen LogP contribution in [0.1, 0.15) is 113 Å². The lowest BCUT2D eigenvalue weighted by Crippen LogP contribution is -2.55. The number of likely N-dealkylation sites (N-methyl/N-ethyl adjacent to an activating group) is 4. The molecular weight excluding hydrogens is 899 g/mol. The highest BCUT2D eigenvalue weighted by Crippen LogP contribution is 2.24. The van der Waals surface area contributed by atoms with E-state index in [1.54, 1.807) is 54.6 Å². The fraction of sp³-hybridized carbons (Fsp3) is 0.623. The van der Waals surface area contributed by atoms with Gasteiger partial charge in [-0.15, -0.1) is 0 Å². The second-order valence-corrected chi connectivity index (χ2v) is 20.0. The van der Waals surface area contributed by atoms with Gasteiger partial charge < -0.3 is 44.3 Å². The van der Waals surface area contributed by atoms with Crippen molar-refractivity contribution in [1.29, 1.82) is 0 Å². The molecule has 0 radical (unpaired) electrons. The van der Waals surface area contributed by atoms with Crippen LogP contribution in [-0.4, -0.2) is 144 Å². The highest BCUT2D eigenvalue weighted by molar-refractivity contribution is 5.94. The highest BCUT2D eigenvalue weighted by atomic mass is 16.6. The maximum atomic E-state index is 14.7. The molecule has 2 aromatic carbocycles. The molecule has 0 saturated carbocycles. The smallest absolute Gasteiger partial charge is 0.329 e. The Morgan fingerprint density at radius 1 is 0.429 bits per heavy atom. The molecule has 1 saturated heterocycles. The Morgan fingerprint density at radius 3 is 1.00 bits per heavy atom. The normalized spacial score (nSPS) is 24.7. The second kappa shape index (κ2) is 27.4. The number of anilines is 1. The molecule has 0 spiro atoms. The van der Waals surface area contributed by atoms with E-state index < -0.39 is 96.1 Å². The van der Waals surface area contributed by atoms with Gasteiger partial charge in [-0.1, -0.05) is 105 Å². The van der Waals surface area contributed by atoms with Crippen LogP contribution in [0.2, 0.25) is 0 Å². The minimum absolute atomic E-state index is 0. The van der Waals surface area contributed by atoms with Gasteiger partial charge >= 0.3 is 23.9 Å². The zero-order chi connectivity index (χ0) is 52.0. The summed E-state index contributed by atoms with van der Waals surface area (Å²) in [5, 5.41) is 0. The molecule has 1 aliphatic rings. The largest absolute Gasteiger partial charge is 0.451 e. The van der Waals surface area contributed by atoms with Crippen molar-refractivity contribution < 1.29 is 57.3 Å². The average molecular weight is 980 g/mol. The summed E-state index contributed by atoms with van der Waals surface area (Å²) in [6.45, 7) is 17.5. The van der Waals surface area contributed by atoms with Crippen molar-refractivity contribution in [2.75, 3.05) is 33.9 Å². The predicted octanol–water partition coefficient (Wildman–Crippen LogP) is 5.88. The first kappa shape index (κ1) is 60.1. The number of esters is 4. The molecule has 0 unspecified atom stereocenters. The molecule has 3 rings (SSSR count). The number of hydrogen-bond acceptors (Lipinski definition) is 13. The van der Waals surface area contributed by atoms with Crippen LogP contribution in [0, 0.1) is 23.7 Å². The maximum Gasteiger partial charge on any atom is 0.329 e. The van der Waals surface area contributed by atoms with Gasteiger partial charge in [-0.3, -0.25) is 19.2 Å². The van der Waals surface area contributed by atoms with Crippen molar-refractivity contribution >= 4 is 53.2 Å². The van der Waals surface area contributed by atoms with Crippen molar-refractivity contribution in [2.24, 2.45) is 23.7 Å². The van der Waals surface area contributed by atoms with Crippen LogP contribution in [0.15, 0.2) is 54.6 Å². The highest BCUT2D eigenvalue weighted by Gasteiger charge is 2.43. The fourth-order valence-corrected chi connectivity index (χ4v) is 8.18. The molecule has 0 bridgehead atoms. The summed E-state index contributed by atoms with van der Waals surface area (Å²) in [6, 6.07) is 10.4. The summed E-state index contributed by atoms with van der Waals surface area (Å²) >= 11 is 0. The third-order valence-electron chi connectivity index (χ3n) is 12.1. The van der Waals surface area contributed by atoms with Crippen LogP contribution >= 0.6 is 0 Å². The third kappa shape index (κ3) is 17.1. The minimum atomic E-state index is -1.52. The number of rotatable bonds is 12. The van der Waals surface area contributed by atoms with Crippen LogP contribution in [0.25, 0.3) is 0 Å². The summed E-state index contributed by atoms with van der Waals surface area (Å²) in [7, 11) is 5.53. The monoisotopic (exact) mass is 980 g/mol. The molecule has 17 heteroatoms. The Balaban J connectivity index is 0.0000168. The van der Waals surface area contributed by atoms with Gasteiger partial charge in [0.05, 0.1) is 0 Å². The molecule has 17 nitrogen and oxygen atoms in total. The van der Waals surface area contributed by atoms with E-state index in [1.807, 2.05) is 55.4 Å². The van der Waals surface area contributed by atoms with Crippen molar-refractivity contribution in [1.82, 2.24) is 19.6 Å². The minimum Gasteiger partial charge on any atom is -0.451 e. The topological polar surface area (TPSA) is 212 Å². The lowest BCUT2D eigenvalue weighted by Gasteiger charge is -2.35. The molecule has 1 heterocycles. The molecule has 8 atom stereocenters. The lowest BCUT2D eigenvalue weighted by atomic mass is 10.00. The van der Waals surface area contributed by atoms with Gasteiger partial charge in [0.25, 0.3) is 23.6 Å². The Kier molecular flexibility index (Phi) is 23.5.